The molecule has 1 heterocycles. The van der Waals surface area contributed by atoms with Gasteiger partial charge in [0.1, 0.15) is 0 Å². The number of aromatic nitrogens is 1. The van der Waals surface area contributed by atoms with Crippen LogP contribution < -0.4 is 10.5 Å². The Labute approximate surface area is 129 Å². The van der Waals surface area contributed by atoms with Crippen LogP contribution in [0, 0.1) is 0 Å². The number of nitrogens with zero attached hydrogens (tertiary/aromatic N) is 1. The zero-order valence-electron chi connectivity index (χ0n) is 12.0. The van der Waals surface area contributed by atoms with Gasteiger partial charge in [-0.25, -0.2) is 13.4 Å². The Morgan fingerprint density at radius 2 is 1.95 bits per heavy atom. The van der Waals surface area contributed by atoms with E-state index < -0.39 is 10.0 Å². The van der Waals surface area contributed by atoms with Crippen LogP contribution in [0.15, 0.2) is 35.7 Å². The Morgan fingerprint density at radius 1 is 1.29 bits per heavy atom. The van der Waals surface area contributed by atoms with Gasteiger partial charge in [0.2, 0.25) is 10.0 Å². The van der Waals surface area contributed by atoms with E-state index in [9.17, 15) is 8.42 Å². The summed E-state index contributed by atoms with van der Waals surface area (Å²) in [5.74, 6) is -0.0686. The molecule has 0 bridgehead atoms. The van der Waals surface area contributed by atoms with Gasteiger partial charge in [0.05, 0.1) is 11.4 Å². The second kappa shape index (κ2) is 6.55. The van der Waals surface area contributed by atoms with E-state index in [0.717, 1.165) is 5.56 Å². The first-order valence-corrected chi connectivity index (χ1v) is 9.17. The fourth-order valence-electron chi connectivity index (χ4n) is 1.92. The molecule has 0 fully saturated rings. The van der Waals surface area contributed by atoms with Crippen LogP contribution in [0.25, 0.3) is 0 Å². The monoisotopic (exact) mass is 325 g/mol. The minimum atomic E-state index is -3.44. The summed E-state index contributed by atoms with van der Waals surface area (Å²) in [7, 11) is -3.44. The summed E-state index contributed by atoms with van der Waals surface area (Å²) in [6, 6.07) is 9.37. The zero-order valence-corrected chi connectivity index (χ0v) is 13.6. The van der Waals surface area contributed by atoms with Crippen molar-refractivity contribution in [2.24, 2.45) is 5.73 Å². The molecule has 0 spiro atoms. The van der Waals surface area contributed by atoms with Gasteiger partial charge in [0.25, 0.3) is 0 Å². The summed E-state index contributed by atoms with van der Waals surface area (Å²) in [4.78, 5) is 4.18. The first-order chi connectivity index (χ1) is 9.87. The van der Waals surface area contributed by atoms with Crippen LogP contribution in [0.5, 0.6) is 0 Å². The van der Waals surface area contributed by atoms with Crippen molar-refractivity contribution in [1.29, 1.82) is 0 Å². The largest absolute Gasteiger partial charge is 0.323 e. The number of sulfonamides is 1. The third-order valence-corrected chi connectivity index (χ3v) is 5.42. The number of benzene rings is 1. The highest BCUT2D eigenvalue weighted by atomic mass is 32.2. The lowest BCUT2D eigenvalue weighted by Crippen LogP contribution is -2.20. The molecule has 0 aliphatic carbocycles. The highest BCUT2D eigenvalue weighted by Crippen LogP contribution is 2.22. The predicted octanol–water partition coefficient (Wildman–Crippen LogP) is 2.71. The third kappa shape index (κ3) is 4.52. The third-order valence-electron chi connectivity index (χ3n) is 3.07. The van der Waals surface area contributed by atoms with Crippen LogP contribution >= 0.6 is 11.3 Å². The van der Waals surface area contributed by atoms with Gasteiger partial charge >= 0.3 is 0 Å². The molecule has 1 aromatic heterocycles. The summed E-state index contributed by atoms with van der Waals surface area (Å²) in [6.07, 6.45) is 0. The normalized spacial score (nSPS) is 14.6. The Bertz CT molecular complexity index is 681. The van der Waals surface area contributed by atoms with Crippen LogP contribution in [-0.4, -0.2) is 19.2 Å². The van der Waals surface area contributed by atoms with Gasteiger partial charge in [-0.3, -0.25) is 4.72 Å². The molecule has 2 unspecified atom stereocenters. The molecule has 0 saturated heterocycles. The van der Waals surface area contributed by atoms with Crippen molar-refractivity contribution in [3.8, 4) is 0 Å². The van der Waals surface area contributed by atoms with Crippen molar-refractivity contribution in [2.75, 3.05) is 10.5 Å². The minimum Gasteiger partial charge on any atom is -0.323 e. The van der Waals surface area contributed by atoms with Crippen LogP contribution in [0.4, 0.5) is 5.13 Å². The van der Waals surface area contributed by atoms with Crippen molar-refractivity contribution < 1.29 is 8.42 Å². The van der Waals surface area contributed by atoms with Crippen LogP contribution in [-0.2, 0) is 10.0 Å². The van der Waals surface area contributed by atoms with Crippen LogP contribution in [0.1, 0.15) is 37.1 Å². The molecule has 7 heteroatoms. The molecule has 21 heavy (non-hydrogen) atoms. The van der Waals surface area contributed by atoms with Gasteiger partial charge in [-0.1, -0.05) is 37.3 Å². The summed E-state index contributed by atoms with van der Waals surface area (Å²) in [6.45, 7) is 3.70. The second-order valence-corrected chi connectivity index (χ2v) is 7.69. The minimum absolute atomic E-state index is 0.0180. The van der Waals surface area contributed by atoms with Crippen molar-refractivity contribution in [3.05, 3.63) is 47.0 Å². The molecule has 114 valence electrons. The predicted molar refractivity (Wildman–Crippen MR) is 87.0 cm³/mol. The molecule has 5 nitrogen and oxygen atoms in total. The second-order valence-electron chi connectivity index (χ2n) is 5.06. The van der Waals surface area contributed by atoms with E-state index in [0.29, 0.717) is 10.8 Å². The molecule has 0 amide bonds. The molecule has 2 atom stereocenters. The topological polar surface area (TPSA) is 85.1 Å². The summed E-state index contributed by atoms with van der Waals surface area (Å²) in [5.41, 5.74) is 7.40. The maximum Gasteiger partial charge on any atom is 0.235 e. The molecule has 2 rings (SSSR count). The van der Waals surface area contributed by atoms with Crippen molar-refractivity contribution >= 4 is 26.5 Å². The highest BCUT2D eigenvalue weighted by Gasteiger charge is 2.18. The van der Waals surface area contributed by atoms with Gasteiger partial charge in [-0.05, 0) is 18.4 Å². The maximum absolute atomic E-state index is 12.2. The smallest absolute Gasteiger partial charge is 0.235 e. The number of thiazole rings is 1. The van der Waals surface area contributed by atoms with E-state index in [1.165, 1.54) is 11.3 Å². The molecule has 2 aromatic rings. The molecule has 0 aliphatic rings. The Balaban J connectivity index is 2.04. The molecule has 3 N–H and O–H groups in total. The molecule has 0 aliphatic heterocycles. The van der Waals surface area contributed by atoms with Crippen molar-refractivity contribution in [1.82, 2.24) is 4.98 Å². The van der Waals surface area contributed by atoms with Gasteiger partial charge in [-0.2, -0.15) is 0 Å². The summed E-state index contributed by atoms with van der Waals surface area (Å²) < 4.78 is 26.9. The number of rotatable bonds is 6. The van der Waals surface area contributed by atoms with E-state index in [4.69, 9.17) is 5.73 Å². The number of hydrogen-bond acceptors (Lipinski definition) is 5. The van der Waals surface area contributed by atoms with Gasteiger partial charge in [-0.15, -0.1) is 11.3 Å². The lowest BCUT2D eigenvalue weighted by atomic mass is 10.0. The standard InChI is InChI=1S/C14H19N3O2S2/c1-10(12-6-4-3-5-7-12)9-21(18,19)17-14-16-13(8-20-14)11(2)15/h3-8,10-11H,9,15H2,1-2H3,(H,16,17). The SMILES string of the molecule is CC(N)c1csc(NS(=O)(=O)CC(C)c2ccccc2)n1. The summed E-state index contributed by atoms with van der Waals surface area (Å²) in [5, 5.41) is 2.13. The van der Waals surface area contributed by atoms with E-state index in [1.54, 1.807) is 5.38 Å². The molecular weight excluding hydrogens is 306 g/mol. The van der Waals surface area contributed by atoms with Crippen molar-refractivity contribution in [2.45, 2.75) is 25.8 Å². The Morgan fingerprint density at radius 3 is 2.52 bits per heavy atom. The Hall–Kier alpha value is -1.44. The average Bonchev–Trinajstić information content (AvgIpc) is 2.87. The lowest BCUT2D eigenvalue weighted by Gasteiger charge is -2.12. The van der Waals surface area contributed by atoms with Gasteiger partial charge < -0.3 is 5.73 Å². The number of hydrogen-bond donors (Lipinski definition) is 2. The number of nitrogens with two attached hydrogens (primary N) is 1. The first-order valence-electron chi connectivity index (χ1n) is 6.64. The number of nitrogens with one attached hydrogen (secondary N) is 1. The molecular formula is C14H19N3O2S2. The van der Waals surface area contributed by atoms with E-state index >= 15 is 0 Å². The van der Waals surface area contributed by atoms with E-state index in [1.807, 2.05) is 44.2 Å². The Kier molecular flexibility index (Phi) is 4.97. The number of anilines is 1. The van der Waals surface area contributed by atoms with Gasteiger partial charge in [0, 0.05) is 11.4 Å². The molecule has 0 radical (unpaired) electrons. The molecule has 0 saturated carbocycles. The molecule has 1 aromatic carbocycles. The maximum atomic E-state index is 12.2. The zero-order chi connectivity index (χ0) is 15.5. The first kappa shape index (κ1) is 15.9. The fraction of sp³-hybridized carbons (Fsp3) is 0.357. The van der Waals surface area contributed by atoms with Crippen LogP contribution in [0.3, 0.4) is 0 Å². The fourth-order valence-corrected chi connectivity index (χ4v) is 4.40. The van der Waals surface area contributed by atoms with Gasteiger partial charge in [0.15, 0.2) is 5.13 Å². The van der Waals surface area contributed by atoms with Crippen LogP contribution in [0.2, 0.25) is 0 Å². The average molecular weight is 325 g/mol. The van der Waals surface area contributed by atoms with Crippen molar-refractivity contribution in [3.63, 3.8) is 0 Å². The quantitative estimate of drug-likeness (QED) is 0.855. The summed E-state index contributed by atoms with van der Waals surface area (Å²) >= 11 is 1.25. The lowest BCUT2D eigenvalue weighted by molar-refractivity contribution is 0.595. The van der Waals surface area contributed by atoms with E-state index in [2.05, 4.69) is 9.71 Å². The van der Waals surface area contributed by atoms with E-state index in [-0.39, 0.29) is 17.7 Å². The highest BCUT2D eigenvalue weighted by molar-refractivity contribution is 7.92.